The molecule has 0 bridgehead atoms. The standard InChI is InChI=1S/C12H10F2N4O3/c1-17(6-7-4-15-16-5-7)12(19)8-2-9(13)10(14)3-11(8)18(20)21/h2-5H,6H2,1H3,(H,15,16). The fourth-order valence-electron chi connectivity index (χ4n) is 1.77. The van der Waals surface area contributed by atoms with Crippen LogP contribution < -0.4 is 0 Å². The Bertz CT molecular complexity index is 688. The van der Waals surface area contributed by atoms with Gasteiger partial charge < -0.3 is 4.90 Å². The quantitative estimate of drug-likeness (QED) is 0.688. The van der Waals surface area contributed by atoms with Crippen molar-refractivity contribution in [2.45, 2.75) is 6.54 Å². The van der Waals surface area contributed by atoms with Crippen LogP contribution in [0.25, 0.3) is 0 Å². The number of hydrogen-bond donors (Lipinski definition) is 1. The highest BCUT2D eigenvalue weighted by atomic mass is 19.2. The highest BCUT2D eigenvalue weighted by molar-refractivity contribution is 5.98. The molecule has 2 rings (SSSR count). The third-order valence-corrected chi connectivity index (χ3v) is 2.79. The number of aromatic nitrogens is 2. The molecule has 9 heteroatoms. The van der Waals surface area contributed by atoms with Gasteiger partial charge >= 0.3 is 0 Å². The van der Waals surface area contributed by atoms with Crippen LogP contribution in [0.2, 0.25) is 0 Å². The van der Waals surface area contributed by atoms with Crippen LogP contribution in [0, 0.1) is 21.7 Å². The largest absolute Gasteiger partial charge is 0.337 e. The highest BCUT2D eigenvalue weighted by Gasteiger charge is 2.26. The molecular formula is C12H10F2N4O3. The third-order valence-electron chi connectivity index (χ3n) is 2.79. The summed E-state index contributed by atoms with van der Waals surface area (Å²) in [6.45, 7) is 0.117. The number of nitro groups is 1. The van der Waals surface area contributed by atoms with Crippen LogP contribution in [0.1, 0.15) is 15.9 Å². The van der Waals surface area contributed by atoms with E-state index >= 15 is 0 Å². The van der Waals surface area contributed by atoms with Crippen LogP contribution in [0.15, 0.2) is 24.5 Å². The van der Waals surface area contributed by atoms with Crippen LogP contribution >= 0.6 is 0 Å². The first kappa shape index (κ1) is 14.6. The molecule has 0 aliphatic heterocycles. The first-order valence-electron chi connectivity index (χ1n) is 5.76. The van der Waals surface area contributed by atoms with Gasteiger partial charge in [-0.15, -0.1) is 0 Å². The van der Waals surface area contributed by atoms with Gasteiger partial charge in [0.15, 0.2) is 11.6 Å². The molecule has 0 fully saturated rings. The Morgan fingerprint density at radius 1 is 1.43 bits per heavy atom. The molecule has 110 valence electrons. The van der Waals surface area contributed by atoms with E-state index in [0.717, 1.165) is 4.90 Å². The number of rotatable bonds is 4. The summed E-state index contributed by atoms with van der Waals surface area (Å²) in [5.74, 6) is -3.49. The Morgan fingerprint density at radius 2 is 2.10 bits per heavy atom. The van der Waals surface area contributed by atoms with Gasteiger partial charge in [-0.25, -0.2) is 8.78 Å². The molecule has 2 aromatic rings. The summed E-state index contributed by atoms with van der Waals surface area (Å²) in [6.07, 6.45) is 3.02. The zero-order valence-corrected chi connectivity index (χ0v) is 10.8. The Balaban J connectivity index is 2.33. The lowest BCUT2D eigenvalue weighted by Crippen LogP contribution is -2.27. The summed E-state index contributed by atoms with van der Waals surface area (Å²) >= 11 is 0. The van der Waals surface area contributed by atoms with Crippen molar-refractivity contribution in [2.75, 3.05) is 7.05 Å². The number of benzene rings is 1. The summed E-state index contributed by atoms with van der Waals surface area (Å²) in [7, 11) is 1.39. The van der Waals surface area contributed by atoms with Crippen molar-refractivity contribution in [3.05, 3.63) is 57.4 Å². The number of nitrogens with zero attached hydrogens (tertiary/aromatic N) is 3. The first-order valence-corrected chi connectivity index (χ1v) is 5.76. The monoisotopic (exact) mass is 296 g/mol. The number of nitrogens with one attached hydrogen (secondary N) is 1. The number of carbonyl (C=O) groups is 1. The fourth-order valence-corrected chi connectivity index (χ4v) is 1.77. The predicted octanol–water partition coefficient (Wildman–Crippen LogP) is 1.87. The van der Waals surface area contributed by atoms with E-state index < -0.39 is 33.7 Å². The van der Waals surface area contributed by atoms with E-state index in [-0.39, 0.29) is 6.54 Å². The number of amides is 1. The smallest absolute Gasteiger partial charge is 0.285 e. The second-order valence-corrected chi connectivity index (χ2v) is 4.31. The van der Waals surface area contributed by atoms with Gasteiger partial charge in [0.1, 0.15) is 5.56 Å². The zero-order chi connectivity index (χ0) is 15.6. The molecule has 21 heavy (non-hydrogen) atoms. The van der Waals surface area contributed by atoms with E-state index in [1.165, 1.54) is 13.2 Å². The maximum Gasteiger partial charge on any atom is 0.285 e. The van der Waals surface area contributed by atoms with Crippen molar-refractivity contribution in [3.8, 4) is 0 Å². The molecule has 0 unspecified atom stereocenters. The second-order valence-electron chi connectivity index (χ2n) is 4.31. The molecule has 0 saturated heterocycles. The number of H-pyrrole nitrogens is 1. The van der Waals surface area contributed by atoms with Crippen LogP contribution in [-0.2, 0) is 6.54 Å². The maximum atomic E-state index is 13.2. The minimum absolute atomic E-state index is 0.117. The van der Waals surface area contributed by atoms with Gasteiger partial charge in [0, 0.05) is 25.4 Å². The van der Waals surface area contributed by atoms with Crippen molar-refractivity contribution in [2.24, 2.45) is 0 Å². The summed E-state index contributed by atoms with van der Waals surface area (Å²) in [5.41, 5.74) is -0.626. The average molecular weight is 296 g/mol. The minimum Gasteiger partial charge on any atom is -0.337 e. The number of nitro benzene ring substituents is 1. The van der Waals surface area contributed by atoms with Gasteiger partial charge in [0.2, 0.25) is 0 Å². The SMILES string of the molecule is CN(Cc1cn[nH]c1)C(=O)c1cc(F)c(F)cc1[N+](=O)[O-]. The minimum atomic E-state index is -1.38. The molecule has 1 heterocycles. The topological polar surface area (TPSA) is 92.1 Å². The van der Waals surface area contributed by atoms with E-state index in [0.29, 0.717) is 17.7 Å². The van der Waals surface area contributed by atoms with Gasteiger partial charge in [-0.2, -0.15) is 5.10 Å². The van der Waals surface area contributed by atoms with Gasteiger partial charge in [-0.1, -0.05) is 0 Å². The molecule has 0 aliphatic carbocycles. The normalized spacial score (nSPS) is 10.4. The number of aromatic amines is 1. The Labute approximate surface area is 117 Å². The molecule has 1 amide bonds. The van der Waals surface area contributed by atoms with E-state index in [9.17, 15) is 23.7 Å². The number of hydrogen-bond acceptors (Lipinski definition) is 4. The lowest BCUT2D eigenvalue weighted by atomic mass is 10.1. The van der Waals surface area contributed by atoms with Crippen molar-refractivity contribution in [3.63, 3.8) is 0 Å². The van der Waals surface area contributed by atoms with Crippen molar-refractivity contribution in [1.82, 2.24) is 15.1 Å². The Morgan fingerprint density at radius 3 is 2.67 bits per heavy atom. The third kappa shape index (κ3) is 3.02. The molecule has 1 aromatic heterocycles. The molecule has 0 radical (unpaired) electrons. The van der Waals surface area contributed by atoms with E-state index in [1.54, 1.807) is 6.20 Å². The van der Waals surface area contributed by atoms with Gasteiger partial charge in [0.25, 0.3) is 11.6 Å². The average Bonchev–Trinajstić information content (AvgIpc) is 2.93. The first-order chi connectivity index (χ1) is 9.90. The number of halogens is 2. The van der Waals surface area contributed by atoms with Gasteiger partial charge in [-0.3, -0.25) is 20.0 Å². The molecule has 7 nitrogen and oxygen atoms in total. The molecule has 0 spiro atoms. The van der Waals surface area contributed by atoms with Crippen molar-refractivity contribution in [1.29, 1.82) is 0 Å². The highest BCUT2D eigenvalue weighted by Crippen LogP contribution is 2.23. The maximum absolute atomic E-state index is 13.2. The van der Waals surface area contributed by atoms with E-state index in [4.69, 9.17) is 0 Å². The Kier molecular flexibility index (Phi) is 3.92. The van der Waals surface area contributed by atoms with Gasteiger partial charge in [-0.05, 0) is 6.07 Å². The van der Waals surface area contributed by atoms with Gasteiger partial charge in [0.05, 0.1) is 17.2 Å². The predicted molar refractivity (Wildman–Crippen MR) is 67.4 cm³/mol. The second kappa shape index (κ2) is 5.65. The van der Waals surface area contributed by atoms with Crippen LogP contribution in [0.4, 0.5) is 14.5 Å². The summed E-state index contributed by atoms with van der Waals surface area (Å²) in [4.78, 5) is 23.2. The van der Waals surface area contributed by atoms with Crippen molar-refractivity contribution >= 4 is 11.6 Å². The number of carbonyl (C=O) groups excluding carboxylic acids is 1. The molecule has 1 aromatic carbocycles. The van der Waals surface area contributed by atoms with E-state index in [1.807, 2.05) is 0 Å². The molecule has 0 atom stereocenters. The summed E-state index contributed by atoms with van der Waals surface area (Å²) < 4.78 is 26.3. The van der Waals surface area contributed by atoms with Crippen LogP contribution in [0.3, 0.4) is 0 Å². The molecule has 0 saturated carbocycles. The van der Waals surface area contributed by atoms with E-state index in [2.05, 4.69) is 10.2 Å². The summed E-state index contributed by atoms with van der Waals surface area (Å²) in [5, 5.41) is 17.1. The van der Waals surface area contributed by atoms with Crippen LogP contribution in [-0.4, -0.2) is 33.0 Å². The molecular weight excluding hydrogens is 286 g/mol. The zero-order valence-electron chi connectivity index (χ0n) is 10.8. The lowest BCUT2D eigenvalue weighted by molar-refractivity contribution is -0.385. The fraction of sp³-hybridized carbons (Fsp3) is 0.167. The lowest BCUT2D eigenvalue weighted by Gasteiger charge is -2.16. The molecule has 0 aliphatic rings. The van der Waals surface area contributed by atoms with Crippen LogP contribution in [0.5, 0.6) is 0 Å². The molecule has 1 N–H and O–H groups in total. The summed E-state index contributed by atoms with van der Waals surface area (Å²) in [6, 6.07) is 0.927. The van der Waals surface area contributed by atoms with Crippen molar-refractivity contribution < 1.29 is 18.5 Å². The Hall–Kier alpha value is -2.84.